The standard InChI is InChI=1S/C16H16N2OS/c1-9-5-11(18(3)4)7-13-15(9)17-16-10(2)6-12(19)8-14(16)20-13/h5-8H,1-4H3. The van der Waals surface area contributed by atoms with Gasteiger partial charge in [0.25, 0.3) is 0 Å². The molecular weight excluding hydrogens is 268 g/mol. The predicted molar refractivity (Wildman–Crippen MR) is 86.3 cm³/mol. The molecule has 0 saturated carbocycles. The van der Waals surface area contributed by atoms with Crippen LogP contribution in [-0.4, -0.2) is 19.1 Å². The number of anilines is 1. The van der Waals surface area contributed by atoms with E-state index < -0.39 is 0 Å². The summed E-state index contributed by atoms with van der Waals surface area (Å²) < 4.78 is 1.12. The molecule has 0 bridgehead atoms. The summed E-state index contributed by atoms with van der Waals surface area (Å²) in [5.41, 5.74) is 5.27. The number of nitrogens with zero attached hydrogens (tertiary/aromatic N) is 2. The molecule has 1 aromatic rings. The lowest BCUT2D eigenvalue weighted by molar-refractivity contribution is 1.13. The van der Waals surface area contributed by atoms with E-state index in [0.717, 1.165) is 37.6 Å². The summed E-state index contributed by atoms with van der Waals surface area (Å²) in [5, 5.41) is 0. The molecule has 20 heavy (non-hydrogen) atoms. The van der Waals surface area contributed by atoms with Crippen molar-refractivity contribution < 1.29 is 0 Å². The van der Waals surface area contributed by atoms with Gasteiger partial charge in [-0.1, -0.05) is 0 Å². The van der Waals surface area contributed by atoms with Gasteiger partial charge in [-0.15, -0.1) is 11.3 Å². The normalized spacial score (nSPS) is 11.2. The van der Waals surface area contributed by atoms with Crippen LogP contribution in [0.25, 0.3) is 20.8 Å². The molecule has 3 nitrogen and oxygen atoms in total. The second-order valence-corrected chi connectivity index (χ2v) is 6.39. The third-order valence-corrected chi connectivity index (χ3v) is 4.51. The Morgan fingerprint density at radius 1 is 1.05 bits per heavy atom. The molecule has 0 fully saturated rings. The molecule has 0 radical (unpaired) electrons. The van der Waals surface area contributed by atoms with Crippen LogP contribution in [0.1, 0.15) is 11.1 Å². The van der Waals surface area contributed by atoms with Crippen molar-refractivity contribution in [3.63, 3.8) is 0 Å². The molecule has 1 aromatic carbocycles. The summed E-state index contributed by atoms with van der Waals surface area (Å²) in [4.78, 5) is 19.5. The van der Waals surface area contributed by atoms with Crippen molar-refractivity contribution in [1.82, 2.24) is 4.98 Å². The van der Waals surface area contributed by atoms with E-state index in [1.807, 2.05) is 21.0 Å². The maximum atomic E-state index is 11.7. The molecule has 0 amide bonds. The maximum absolute atomic E-state index is 11.7. The first-order chi connectivity index (χ1) is 9.45. The summed E-state index contributed by atoms with van der Waals surface area (Å²) in [7, 11) is 4.05. The van der Waals surface area contributed by atoms with Crippen molar-refractivity contribution in [2.75, 3.05) is 19.0 Å². The summed E-state index contributed by atoms with van der Waals surface area (Å²) >= 11 is 1.64. The molecule has 0 spiro atoms. The SMILES string of the molecule is Cc1cc(=O)cc2sc3cc(N(C)C)cc(C)c3nc1-2. The number of fused-ring (bicyclic) bond motifs is 2. The molecule has 0 unspecified atom stereocenters. The number of benzene rings is 2. The van der Waals surface area contributed by atoms with Gasteiger partial charge in [0.2, 0.25) is 0 Å². The van der Waals surface area contributed by atoms with Crippen LogP contribution in [0, 0.1) is 13.8 Å². The molecule has 102 valence electrons. The average molecular weight is 284 g/mol. The summed E-state index contributed by atoms with van der Waals surface area (Å²) in [6.07, 6.45) is 0. The van der Waals surface area contributed by atoms with Crippen molar-refractivity contribution in [1.29, 1.82) is 0 Å². The second kappa shape index (κ2) is 4.56. The van der Waals surface area contributed by atoms with Crippen molar-refractivity contribution in [2.45, 2.75) is 13.8 Å². The van der Waals surface area contributed by atoms with Crippen LogP contribution in [0.15, 0.2) is 29.1 Å². The Kier molecular flexibility index (Phi) is 2.98. The number of aryl methyl sites for hydroxylation is 2. The zero-order valence-electron chi connectivity index (χ0n) is 12.0. The quantitative estimate of drug-likeness (QED) is 0.642. The van der Waals surface area contributed by atoms with Crippen LogP contribution < -0.4 is 10.3 Å². The van der Waals surface area contributed by atoms with Gasteiger partial charge < -0.3 is 4.90 Å². The number of hydrogen-bond acceptors (Lipinski definition) is 4. The van der Waals surface area contributed by atoms with Gasteiger partial charge in [-0.25, -0.2) is 4.98 Å². The van der Waals surface area contributed by atoms with Crippen molar-refractivity contribution in [3.8, 4) is 10.6 Å². The van der Waals surface area contributed by atoms with Gasteiger partial charge in [-0.2, -0.15) is 0 Å². The molecule has 3 rings (SSSR count). The summed E-state index contributed by atoms with van der Waals surface area (Å²) in [6, 6.07) is 7.60. The molecule has 2 aliphatic rings. The highest BCUT2D eigenvalue weighted by molar-refractivity contribution is 7.21. The number of hydrogen-bond donors (Lipinski definition) is 0. The third-order valence-electron chi connectivity index (χ3n) is 3.45. The fraction of sp³-hybridized carbons (Fsp3) is 0.250. The fourth-order valence-corrected chi connectivity index (χ4v) is 3.57. The first-order valence-corrected chi connectivity index (χ1v) is 7.30. The van der Waals surface area contributed by atoms with Crippen molar-refractivity contribution >= 4 is 27.2 Å². The van der Waals surface area contributed by atoms with Gasteiger partial charge in [-0.05, 0) is 43.2 Å². The molecule has 1 aliphatic heterocycles. The van der Waals surface area contributed by atoms with E-state index in [0.29, 0.717) is 0 Å². The minimum Gasteiger partial charge on any atom is -0.378 e. The molecule has 4 heteroatoms. The van der Waals surface area contributed by atoms with Gasteiger partial charge in [0.05, 0.1) is 20.8 Å². The van der Waals surface area contributed by atoms with Crippen LogP contribution in [0.2, 0.25) is 0 Å². The van der Waals surface area contributed by atoms with Crippen molar-refractivity contribution in [2.24, 2.45) is 0 Å². The lowest BCUT2D eigenvalue weighted by atomic mass is 10.1. The minimum absolute atomic E-state index is 0.0490. The van der Waals surface area contributed by atoms with Crippen molar-refractivity contribution in [3.05, 3.63) is 45.6 Å². The van der Waals surface area contributed by atoms with E-state index in [4.69, 9.17) is 4.98 Å². The van der Waals surface area contributed by atoms with Gasteiger partial charge in [0, 0.05) is 25.8 Å². The van der Waals surface area contributed by atoms with Gasteiger partial charge in [-0.3, -0.25) is 4.79 Å². The highest BCUT2D eigenvalue weighted by Gasteiger charge is 2.13. The van der Waals surface area contributed by atoms with E-state index in [2.05, 4.69) is 24.0 Å². The van der Waals surface area contributed by atoms with Crippen LogP contribution in [-0.2, 0) is 0 Å². The van der Waals surface area contributed by atoms with Gasteiger partial charge in [0.15, 0.2) is 5.43 Å². The van der Waals surface area contributed by atoms with E-state index in [9.17, 15) is 4.79 Å². The largest absolute Gasteiger partial charge is 0.378 e. The van der Waals surface area contributed by atoms with E-state index in [1.54, 1.807) is 23.5 Å². The molecule has 1 aliphatic carbocycles. The number of rotatable bonds is 1. The Morgan fingerprint density at radius 2 is 1.80 bits per heavy atom. The summed E-state index contributed by atoms with van der Waals surface area (Å²) in [5.74, 6) is 0. The molecular formula is C16H16N2OS. The smallest absolute Gasteiger partial charge is 0.180 e. The van der Waals surface area contributed by atoms with E-state index >= 15 is 0 Å². The second-order valence-electron chi connectivity index (χ2n) is 5.30. The lowest BCUT2D eigenvalue weighted by Crippen LogP contribution is -2.09. The van der Waals surface area contributed by atoms with Gasteiger partial charge >= 0.3 is 0 Å². The molecule has 0 aromatic heterocycles. The Labute approximate surface area is 121 Å². The van der Waals surface area contributed by atoms with Crippen LogP contribution in [0.5, 0.6) is 0 Å². The van der Waals surface area contributed by atoms with E-state index in [1.165, 1.54) is 0 Å². The zero-order chi connectivity index (χ0) is 14.4. The van der Waals surface area contributed by atoms with Crippen LogP contribution >= 0.6 is 11.3 Å². The van der Waals surface area contributed by atoms with Crippen LogP contribution in [0.3, 0.4) is 0 Å². The van der Waals surface area contributed by atoms with Gasteiger partial charge in [0.1, 0.15) is 0 Å². The molecule has 0 N–H and O–H groups in total. The topological polar surface area (TPSA) is 33.2 Å². The first kappa shape index (κ1) is 13.1. The highest BCUT2D eigenvalue weighted by atomic mass is 32.1. The zero-order valence-corrected chi connectivity index (χ0v) is 12.8. The lowest BCUT2D eigenvalue weighted by Gasteiger charge is -2.16. The van der Waals surface area contributed by atoms with E-state index in [-0.39, 0.29) is 5.43 Å². The Bertz CT molecular complexity index is 836. The maximum Gasteiger partial charge on any atom is 0.180 e. The Hall–Kier alpha value is -1.94. The van der Waals surface area contributed by atoms with Crippen LogP contribution in [0.4, 0.5) is 5.69 Å². The monoisotopic (exact) mass is 284 g/mol. The molecule has 0 atom stereocenters. The third kappa shape index (κ3) is 2.06. The minimum atomic E-state index is 0.0490. The first-order valence-electron chi connectivity index (χ1n) is 6.49. The molecule has 1 heterocycles. The molecule has 0 saturated heterocycles. The number of aromatic nitrogens is 1. The highest BCUT2D eigenvalue weighted by Crippen LogP contribution is 2.34. The Morgan fingerprint density at radius 3 is 2.50 bits per heavy atom. The average Bonchev–Trinajstić information content (AvgIpc) is 2.36. The Balaban J connectivity index is 2.43. The predicted octanol–water partition coefficient (Wildman–Crippen LogP) is 3.44. The fourth-order valence-electron chi connectivity index (χ4n) is 2.37. The summed E-state index contributed by atoms with van der Waals surface area (Å²) in [6.45, 7) is 4.02.